The average Bonchev–Trinajstić information content (AvgIpc) is 2.68. The van der Waals surface area contributed by atoms with Gasteiger partial charge in [-0.25, -0.2) is 9.18 Å². The van der Waals surface area contributed by atoms with Gasteiger partial charge < -0.3 is 10.0 Å². The lowest BCUT2D eigenvalue weighted by molar-refractivity contribution is 0.0690. The molecule has 0 radical (unpaired) electrons. The van der Waals surface area contributed by atoms with Gasteiger partial charge in [-0.05, 0) is 61.3 Å². The zero-order valence-electron chi connectivity index (χ0n) is 15.2. The Morgan fingerprint density at radius 3 is 2.56 bits per heavy atom. The van der Waals surface area contributed by atoms with E-state index in [9.17, 15) is 19.1 Å². The second-order valence-corrected chi connectivity index (χ2v) is 7.60. The molecule has 27 heavy (non-hydrogen) atoms. The van der Waals surface area contributed by atoms with Crippen molar-refractivity contribution >= 4 is 23.6 Å². The minimum absolute atomic E-state index is 0.0744. The van der Waals surface area contributed by atoms with Gasteiger partial charge in [0, 0.05) is 23.5 Å². The van der Waals surface area contributed by atoms with E-state index >= 15 is 0 Å². The summed E-state index contributed by atoms with van der Waals surface area (Å²) < 4.78 is 13.6. The fourth-order valence-corrected chi connectivity index (χ4v) is 4.04. The molecule has 0 unspecified atom stereocenters. The average molecular weight is 387 g/mol. The van der Waals surface area contributed by atoms with E-state index in [-0.39, 0.29) is 11.7 Å². The van der Waals surface area contributed by atoms with Crippen LogP contribution < -0.4 is 0 Å². The summed E-state index contributed by atoms with van der Waals surface area (Å²) in [6.07, 6.45) is 4.15. The van der Waals surface area contributed by atoms with Crippen molar-refractivity contribution in [2.75, 3.05) is 19.3 Å². The number of hydrogen-bond acceptors (Lipinski definition) is 3. The van der Waals surface area contributed by atoms with Gasteiger partial charge in [0.05, 0.1) is 5.56 Å². The highest BCUT2D eigenvalue weighted by molar-refractivity contribution is 7.98. The maximum atomic E-state index is 13.6. The van der Waals surface area contributed by atoms with E-state index in [4.69, 9.17) is 0 Å². The number of likely N-dealkylation sites (tertiary alicyclic amines) is 1. The van der Waals surface area contributed by atoms with Crippen molar-refractivity contribution in [3.8, 4) is 0 Å². The van der Waals surface area contributed by atoms with Gasteiger partial charge in [-0.2, -0.15) is 0 Å². The predicted octanol–water partition coefficient (Wildman–Crippen LogP) is 4.34. The van der Waals surface area contributed by atoms with E-state index in [0.717, 1.165) is 18.4 Å². The van der Waals surface area contributed by atoms with Crippen LogP contribution in [0.4, 0.5) is 4.39 Å². The van der Waals surface area contributed by atoms with Crippen molar-refractivity contribution in [2.24, 2.45) is 5.92 Å². The fourth-order valence-electron chi connectivity index (χ4n) is 3.53. The molecule has 1 N–H and O–H groups in total. The number of benzene rings is 2. The van der Waals surface area contributed by atoms with Gasteiger partial charge in [0.15, 0.2) is 0 Å². The quantitative estimate of drug-likeness (QED) is 0.776. The molecule has 1 heterocycles. The summed E-state index contributed by atoms with van der Waals surface area (Å²) in [5, 5.41) is 9.32. The molecule has 1 fully saturated rings. The van der Waals surface area contributed by atoms with E-state index < -0.39 is 5.97 Å². The number of thioether (sulfide) groups is 1. The monoisotopic (exact) mass is 387 g/mol. The van der Waals surface area contributed by atoms with Crippen LogP contribution in [0.3, 0.4) is 0 Å². The molecular formula is C21H22FNO3S. The Labute approximate surface area is 162 Å². The molecule has 0 aromatic heterocycles. The first kappa shape index (κ1) is 19.4. The molecular weight excluding hydrogens is 365 g/mol. The summed E-state index contributed by atoms with van der Waals surface area (Å²) in [5.41, 5.74) is 1.71. The van der Waals surface area contributed by atoms with E-state index in [2.05, 4.69) is 0 Å². The number of aromatic carboxylic acids is 1. The van der Waals surface area contributed by atoms with Crippen LogP contribution in [0.25, 0.3) is 0 Å². The van der Waals surface area contributed by atoms with Gasteiger partial charge >= 0.3 is 5.97 Å². The van der Waals surface area contributed by atoms with Crippen molar-refractivity contribution in [3.05, 3.63) is 65.0 Å². The summed E-state index contributed by atoms with van der Waals surface area (Å²) in [4.78, 5) is 26.3. The Morgan fingerprint density at radius 2 is 1.89 bits per heavy atom. The van der Waals surface area contributed by atoms with Gasteiger partial charge in [-0.3, -0.25) is 4.79 Å². The molecule has 0 saturated carbocycles. The number of carbonyl (C=O) groups is 2. The Balaban J connectivity index is 1.62. The third kappa shape index (κ3) is 4.50. The zero-order valence-corrected chi connectivity index (χ0v) is 16.0. The number of carbonyl (C=O) groups excluding carboxylic acids is 1. The first-order chi connectivity index (χ1) is 13.0. The molecule has 6 heteroatoms. The third-order valence-corrected chi connectivity index (χ3v) is 5.81. The Kier molecular flexibility index (Phi) is 6.16. The van der Waals surface area contributed by atoms with E-state index in [0.29, 0.717) is 41.5 Å². The van der Waals surface area contributed by atoms with Crippen molar-refractivity contribution in [3.63, 3.8) is 0 Å². The molecule has 142 valence electrons. The predicted molar refractivity (Wildman–Crippen MR) is 104 cm³/mol. The van der Waals surface area contributed by atoms with Crippen LogP contribution in [-0.2, 0) is 6.42 Å². The van der Waals surface area contributed by atoms with Crippen LogP contribution in [-0.4, -0.2) is 41.2 Å². The van der Waals surface area contributed by atoms with Gasteiger partial charge in [0.25, 0.3) is 5.91 Å². The zero-order chi connectivity index (χ0) is 19.4. The first-order valence-electron chi connectivity index (χ1n) is 8.93. The molecule has 1 aliphatic heterocycles. The summed E-state index contributed by atoms with van der Waals surface area (Å²) in [6, 6.07) is 11.6. The number of piperidine rings is 1. The number of hydrogen-bond donors (Lipinski definition) is 1. The molecule has 0 spiro atoms. The minimum Gasteiger partial charge on any atom is -0.478 e. The summed E-state index contributed by atoms with van der Waals surface area (Å²) >= 11 is 1.29. The molecule has 0 aliphatic carbocycles. The Morgan fingerprint density at radius 1 is 1.19 bits per heavy atom. The number of amides is 1. The lowest BCUT2D eigenvalue weighted by atomic mass is 9.88. The molecule has 1 aliphatic rings. The van der Waals surface area contributed by atoms with E-state index in [1.165, 1.54) is 23.9 Å². The largest absolute Gasteiger partial charge is 0.478 e. The Bertz CT molecular complexity index is 847. The third-order valence-electron chi connectivity index (χ3n) is 5.06. The lowest BCUT2D eigenvalue weighted by Crippen LogP contribution is -2.39. The van der Waals surface area contributed by atoms with Crippen LogP contribution in [0.2, 0.25) is 0 Å². The molecule has 3 rings (SSSR count). The van der Waals surface area contributed by atoms with Gasteiger partial charge in [0.2, 0.25) is 0 Å². The highest BCUT2D eigenvalue weighted by Gasteiger charge is 2.25. The molecule has 0 bridgehead atoms. The summed E-state index contributed by atoms with van der Waals surface area (Å²) in [7, 11) is 0. The lowest BCUT2D eigenvalue weighted by Gasteiger charge is -2.32. The van der Waals surface area contributed by atoms with Crippen molar-refractivity contribution < 1.29 is 19.1 Å². The number of nitrogens with zero attached hydrogens (tertiary/aromatic N) is 1. The first-order valence-corrected chi connectivity index (χ1v) is 10.2. The molecule has 4 nitrogen and oxygen atoms in total. The van der Waals surface area contributed by atoms with Crippen LogP contribution in [0.15, 0.2) is 47.4 Å². The van der Waals surface area contributed by atoms with Crippen LogP contribution in [0.5, 0.6) is 0 Å². The molecule has 1 amide bonds. The topological polar surface area (TPSA) is 57.6 Å². The van der Waals surface area contributed by atoms with E-state index in [1.807, 2.05) is 12.1 Å². The van der Waals surface area contributed by atoms with Crippen molar-refractivity contribution in [1.29, 1.82) is 0 Å². The fraction of sp³-hybridized carbons (Fsp3) is 0.333. The second kappa shape index (κ2) is 8.57. The van der Waals surface area contributed by atoms with Gasteiger partial charge in [-0.15, -0.1) is 11.8 Å². The number of rotatable bonds is 5. The number of carboxylic acid groups (broad SMARTS) is 1. The van der Waals surface area contributed by atoms with Crippen molar-refractivity contribution in [1.82, 2.24) is 4.90 Å². The van der Waals surface area contributed by atoms with Gasteiger partial charge in [-0.1, -0.05) is 18.2 Å². The standard InChI is InChI=1S/C21H22FNO3S/c1-27-19-13-16(6-7-18(19)22)20(24)23-10-8-14(9-11-23)12-15-4-2-3-5-17(15)21(25)26/h2-7,13-14H,8-12H2,1H3,(H,25,26). The van der Waals surface area contributed by atoms with Crippen molar-refractivity contribution in [2.45, 2.75) is 24.2 Å². The highest BCUT2D eigenvalue weighted by Crippen LogP contribution is 2.26. The van der Waals surface area contributed by atoms with E-state index in [1.54, 1.807) is 29.4 Å². The normalized spacial score (nSPS) is 15.0. The molecule has 2 aromatic rings. The van der Waals surface area contributed by atoms with Crippen LogP contribution in [0.1, 0.15) is 39.1 Å². The minimum atomic E-state index is -0.904. The smallest absolute Gasteiger partial charge is 0.335 e. The summed E-state index contributed by atoms with van der Waals surface area (Å²) in [6.45, 7) is 1.26. The maximum absolute atomic E-state index is 13.6. The molecule has 0 atom stereocenters. The van der Waals surface area contributed by atoms with Crippen LogP contribution >= 0.6 is 11.8 Å². The Hall–Kier alpha value is -2.34. The highest BCUT2D eigenvalue weighted by atomic mass is 32.2. The van der Waals surface area contributed by atoms with Crippen LogP contribution in [0, 0.1) is 11.7 Å². The SMILES string of the molecule is CSc1cc(C(=O)N2CCC(Cc3ccccc3C(=O)O)CC2)ccc1F. The van der Waals surface area contributed by atoms with Gasteiger partial charge in [0.1, 0.15) is 5.82 Å². The number of halogens is 1. The molecule has 1 saturated heterocycles. The molecule has 2 aromatic carbocycles. The second-order valence-electron chi connectivity index (χ2n) is 6.75. The summed E-state index contributed by atoms with van der Waals surface area (Å²) in [5.74, 6) is -0.937. The maximum Gasteiger partial charge on any atom is 0.335 e. The number of carboxylic acids is 1.